The monoisotopic (exact) mass is 432 g/mol. The number of fused-ring (bicyclic) bond motifs is 3. The molecule has 5 rings (SSSR count). The maximum absolute atomic E-state index is 13.4. The molecular formula is C24H17FN2O3S. The summed E-state index contributed by atoms with van der Waals surface area (Å²) >= 11 is 1.35. The SMILES string of the molecule is COc1cc(/C=c2\sc3nc4ccccc4n3c2=O)ccc1OCc1cccc(F)c1. The van der Waals surface area contributed by atoms with E-state index in [2.05, 4.69) is 4.98 Å². The number of halogens is 1. The molecule has 2 heterocycles. The third-order valence-electron chi connectivity index (χ3n) is 4.91. The molecule has 5 nitrogen and oxygen atoms in total. The summed E-state index contributed by atoms with van der Waals surface area (Å²) in [6, 6.07) is 19.3. The molecule has 2 aromatic heterocycles. The van der Waals surface area contributed by atoms with Gasteiger partial charge in [-0.15, -0.1) is 0 Å². The van der Waals surface area contributed by atoms with Crippen LogP contribution in [0.5, 0.6) is 11.5 Å². The minimum atomic E-state index is -0.304. The van der Waals surface area contributed by atoms with Crippen molar-refractivity contribution in [1.29, 1.82) is 0 Å². The van der Waals surface area contributed by atoms with Crippen LogP contribution in [-0.2, 0) is 6.61 Å². The zero-order valence-corrected chi connectivity index (χ0v) is 17.4. The van der Waals surface area contributed by atoms with Crippen molar-refractivity contribution in [1.82, 2.24) is 9.38 Å². The van der Waals surface area contributed by atoms with Crippen LogP contribution in [0.2, 0.25) is 0 Å². The smallest absolute Gasteiger partial charge is 0.274 e. The molecule has 0 N–H and O–H groups in total. The van der Waals surface area contributed by atoms with Gasteiger partial charge in [0, 0.05) is 0 Å². The first-order chi connectivity index (χ1) is 15.1. The lowest BCUT2D eigenvalue weighted by Crippen LogP contribution is -2.22. The maximum atomic E-state index is 13.4. The van der Waals surface area contributed by atoms with Gasteiger partial charge in [-0.05, 0) is 53.6 Å². The predicted octanol–water partition coefficient (Wildman–Crippen LogP) is 4.18. The average molecular weight is 432 g/mol. The van der Waals surface area contributed by atoms with Gasteiger partial charge in [-0.25, -0.2) is 13.8 Å². The largest absolute Gasteiger partial charge is 0.493 e. The first kappa shape index (κ1) is 19.3. The van der Waals surface area contributed by atoms with Crippen molar-refractivity contribution >= 4 is 33.4 Å². The second-order valence-corrected chi connectivity index (χ2v) is 7.97. The number of thiazole rings is 1. The Bertz CT molecular complexity index is 1520. The van der Waals surface area contributed by atoms with Crippen molar-refractivity contribution in [3.05, 3.63) is 98.6 Å². The van der Waals surface area contributed by atoms with Crippen molar-refractivity contribution in [3.8, 4) is 11.5 Å². The summed E-state index contributed by atoms with van der Waals surface area (Å²) in [5.41, 5.74) is 3.04. The van der Waals surface area contributed by atoms with E-state index in [4.69, 9.17) is 9.47 Å². The molecule has 0 aliphatic rings. The summed E-state index contributed by atoms with van der Waals surface area (Å²) in [4.78, 5) is 18.1. The highest BCUT2D eigenvalue weighted by molar-refractivity contribution is 7.15. The highest BCUT2D eigenvalue weighted by Crippen LogP contribution is 2.29. The van der Waals surface area contributed by atoms with E-state index in [1.807, 2.05) is 36.4 Å². The van der Waals surface area contributed by atoms with E-state index in [1.54, 1.807) is 35.8 Å². The van der Waals surface area contributed by atoms with E-state index >= 15 is 0 Å². The highest BCUT2D eigenvalue weighted by Gasteiger charge is 2.11. The molecule has 0 radical (unpaired) electrons. The molecule has 0 amide bonds. The van der Waals surface area contributed by atoms with Crippen LogP contribution in [0, 0.1) is 5.82 Å². The molecule has 154 valence electrons. The van der Waals surface area contributed by atoms with Gasteiger partial charge in [-0.1, -0.05) is 41.7 Å². The number of methoxy groups -OCH3 is 1. The van der Waals surface area contributed by atoms with E-state index in [9.17, 15) is 9.18 Å². The number of benzene rings is 3. The predicted molar refractivity (Wildman–Crippen MR) is 119 cm³/mol. The Morgan fingerprint density at radius 3 is 2.77 bits per heavy atom. The zero-order chi connectivity index (χ0) is 21.4. The van der Waals surface area contributed by atoms with E-state index in [0.29, 0.717) is 21.0 Å². The second-order valence-electron chi connectivity index (χ2n) is 6.96. The van der Waals surface area contributed by atoms with Crippen molar-refractivity contribution < 1.29 is 13.9 Å². The van der Waals surface area contributed by atoms with Crippen molar-refractivity contribution in [2.24, 2.45) is 0 Å². The van der Waals surface area contributed by atoms with E-state index in [-0.39, 0.29) is 18.0 Å². The molecule has 0 bridgehead atoms. The van der Waals surface area contributed by atoms with Gasteiger partial charge in [-0.2, -0.15) is 0 Å². The Morgan fingerprint density at radius 1 is 1.06 bits per heavy atom. The Balaban J connectivity index is 1.47. The normalized spacial score (nSPS) is 12.0. The van der Waals surface area contributed by atoms with Crippen LogP contribution < -0.4 is 19.6 Å². The molecule has 3 aromatic carbocycles. The molecule has 0 unspecified atom stereocenters. The standard InChI is InChI=1S/C24H17FN2O3S/c1-29-21-12-15(9-10-20(21)30-14-16-5-4-6-17(25)11-16)13-22-23(28)27-19-8-3-2-7-18(19)26-24(27)31-22/h2-13H,14H2,1H3/b22-13-. The van der Waals surface area contributed by atoms with E-state index in [1.165, 1.54) is 23.5 Å². The molecular weight excluding hydrogens is 415 g/mol. The summed E-state index contributed by atoms with van der Waals surface area (Å²) in [7, 11) is 1.55. The molecule has 31 heavy (non-hydrogen) atoms. The number of imidazole rings is 1. The third kappa shape index (κ3) is 3.64. The van der Waals surface area contributed by atoms with Crippen LogP contribution in [0.4, 0.5) is 4.39 Å². The van der Waals surface area contributed by atoms with E-state index < -0.39 is 0 Å². The molecule has 0 spiro atoms. The van der Waals surface area contributed by atoms with Crippen LogP contribution in [0.3, 0.4) is 0 Å². The topological polar surface area (TPSA) is 52.8 Å². The van der Waals surface area contributed by atoms with Gasteiger partial charge < -0.3 is 9.47 Å². The summed E-state index contributed by atoms with van der Waals surface area (Å²) < 4.78 is 26.8. The summed E-state index contributed by atoms with van der Waals surface area (Å²) in [5.74, 6) is 0.768. The van der Waals surface area contributed by atoms with Crippen molar-refractivity contribution in [2.75, 3.05) is 7.11 Å². The van der Waals surface area contributed by atoms with Crippen LogP contribution in [0.25, 0.3) is 22.1 Å². The van der Waals surface area contributed by atoms with Crippen molar-refractivity contribution in [3.63, 3.8) is 0 Å². The van der Waals surface area contributed by atoms with Gasteiger partial charge in [0.2, 0.25) is 0 Å². The first-order valence-corrected chi connectivity index (χ1v) is 10.4. The molecule has 0 fully saturated rings. The Morgan fingerprint density at radius 2 is 1.94 bits per heavy atom. The number of para-hydroxylation sites is 2. The van der Waals surface area contributed by atoms with Crippen LogP contribution >= 0.6 is 11.3 Å². The zero-order valence-electron chi connectivity index (χ0n) is 16.5. The van der Waals surface area contributed by atoms with Crippen molar-refractivity contribution in [2.45, 2.75) is 6.61 Å². The molecule has 0 aliphatic heterocycles. The molecule has 5 aromatic rings. The summed E-state index contributed by atoms with van der Waals surface area (Å²) in [5, 5.41) is 0. The average Bonchev–Trinajstić information content (AvgIpc) is 3.29. The number of aromatic nitrogens is 2. The first-order valence-electron chi connectivity index (χ1n) is 9.59. The Hall–Kier alpha value is -3.71. The number of hydrogen-bond acceptors (Lipinski definition) is 5. The second kappa shape index (κ2) is 7.85. The molecule has 7 heteroatoms. The van der Waals surface area contributed by atoms with Crippen LogP contribution in [-0.4, -0.2) is 16.5 Å². The molecule has 0 aliphatic carbocycles. The Labute approximate surface area is 180 Å². The highest BCUT2D eigenvalue weighted by atomic mass is 32.1. The van der Waals surface area contributed by atoms with Gasteiger partial charge in [0.1, 0.15) is 12.4 Å². The maximum Gasteiger partial charge on any atom is 0.274 e. The lowest BCUT2D eigenvalue weighted by molar-refractivity contribution is 0.284. The van der Waals surface area contributed by atoms with Gasteiger partial charge >= 0.3 is 0 Å². The minimum Gasteiger partial charge on any atom is -0.493 e. The Kier molecular flexibility index (Phi) is 4.88. The minimum absolute atomic E-state index is 0.0981. The van der Waals surface area contributed by atoms with E-state index in [0.717, 1.165) is 22.2 Å². The number of hydrogen-bond donors (Lipinski definition) is 0. The third-order valence-corrected chi connectivity index (χ3v) is 5.88. The molecule has 0 atom stereocenters. The molecule has 0 saturated carbocycles. The van der Waals surface area contributed by atoms with Gasteiger partial charge in [-0.3, -0.25) is 4.79 Å². The fraction of sp³-hybridized carbons (Fsp3) is 0.0833. The summed E-state index contributed by atoms with van der Waals surface area (Å²) in [6.07, 6.45) is 1.81. The lowest BCUT2D eigenvalue weighted by Gasteiger charge is -2.11. The van der Waals surface area contributed by atoms with Gasteiger partial charge in [0.05, 0.1) is 22.7 Å². The lowest BCUT2D eigenvalue weighted by atomic mass is 10.2. The number of ether oxygens (including phenoxy) is 2. The van der Waals surface area contributed by atoms with Gasteiger partial charge in [0.15, 0.2) is 16.5 Å². The van der Waals surface area contributed by atoms with Gasteiger partial charge in [0.25, 0.3) is 5.56 Å². The fourth-order valence-corrected chi connectivity index (χ4v) is 4.43. The van der Waals surface area contributed by atoms with Crippen LogP contribution in [0.15, 0.2) is 71.5 Å². The van der Waals surface area contributed by atoms with Crippen LogP contribution in [0.1, 0.15) is 11.1 Å². The number of nitrogens with zero attached hydrogens (tertiary/aromatic N) is 2. The quantitative estimate of drug-likeness (QED) is 0.418. The summed E-state index contributed by atoms with van der Waals surface area (Å²) in [6.45, 7) is 0.219. The fourth-order valence-electron chi connectivity index (χ4n) is 3.44. The molecule has 0 saturated heterocycles. The number of rotatable bonds is 5.